The third-order valence-corrected chi connectivity index (χ3v) is 3.11. The number of carbonyl (C=O) groups is 1. The van der Waals surface area contributed by atoms with Gasteiger partial charge in [-0.25, -0.2) is 4.79 Å². The Kier molecular flexibility index (Phi) is 4.81. The summed E-state index contributed by atoms with van der Waals surface area (Å²) in [5.74, 6) is -1.22. The number of hydrogen-bond acceptors (Lipinski definition) is 4. The second-order valence-corrected chi connectivity index (χ2v) is 4.59. The monoisotopic (exact) mass is 262 g/mol. The van der Waals surface area contributed by atoms with E-state index in [1.54, 1.807) is 12.3 Å². The number of anilines is 1. The summed E-state index contributed by atoms with van der Waals surface area (Å²) in [5.41, 5.74) is 2.60. The van der Waals surface area contributed by atoms with Crippen molar-refractivity contribution in [2.45, 2.75) is 13.8 Å². The number of benzene rings is 1. The fraction of sp³-hybridized carbons (Fsp3) is 0.231. The largest absolute Gasteiger partial charge is 0.477 e. The van der Waals surface area contributed by atoms with Crippen molar-refractivity contribution in [3.8, 4) is 6.07 Å². The molecule has 0 spiro atoms. The maximum atomic E-state index is 10.9. The third kappa shape index (κ3) is 3.28. The van der Waals surface area contributed by atoms with Gasteiger partial charge in [0.05, 0.1) is 5.03 Å². The number of nitrogens with one attached hydrogen (secondary N) is 1. The highest BCUT2D eigenvalue weighted by Gasteiger charge is 2.14. The van der Waals surface area contributed by atoms with E-state index in [4.69, 9.17) is 10.4 Å². The zero-order valence-electron chi connectivity index (χ0n) is 10.4. The van der Waals surface area contributed by atoms with Crippen LogP contribution >= 0.6 is 11.8 Å². The average molecular weight is 262 g/mol. The van der Waals surface area contributed by atoms with Crippen molar-refractivity contribution in [1.29, 1.82) is 5.26 Å². The Morgan fingerprint density at radius 3 is 2.61 bits per heavy atom. The molecule has 4 nitrogen and oxygen atoms in total. The molecule has 1 aromatic carbocycles. The first kappa shape index (κ1) is 14.1. The van der Waals surface area contributed by atoms with Crippen molar-refractivity contribution in [1.82, 2.24) is 0 Å². The number of hydrogen-bond donors (Lipinski definition) is 2. The van der Waals surface area contributed by atoms with Gasteiger partial charge in [0, 0.05) is 5.69 Å². The maximum absolute atomic E-state index is 10.9. The molecular formula is C13H14N2O2S. The average Bonchev–Trinajstić information content (AvgIpc) is 2.32. The van der Waals surface area contributed by atoms with Gasteiger partial charge in [-0.2, -0.15) is 5.26 Å². The maximum Gasteiger partial charge on any atom is 0.349 e. The molecule has 0 unspecified atom stereocenters. The lowest BCUT2D eigenvalue weighted by Crippen LogP contribution is -2.08. The number of aliphatic carboxylic acids is 1. The van der Waals surface area contributed by atoms with Crippen LogP contribution in [0.1, 0.15) is 11.1 Å². The van der Waals surface area contributed by atoms with E-state index in [0.29, 0.717) is 5.03 Å². The summed E-state index contributed by atoms with van der Waals surface area (Å²) < 4.78 is 0. The fourth-order valence-electron chi connectivity index (χ4n) is 1.40. The minimum Gasteiger partial charge on any atom is -0.477 e. The summed E-state index contributed by atoms with van der Waals surface area (Å²) in [6.45, 7) is 3.88. The van der Waals surface area contributed by atoms with Crippen LogP contribution < -0.4 is 5.32 Å². The molecule has 2 N–H and O–H groups in total. The molecule has 1 rings (SSSR count). The Hall–Kier alpha value is -1.93. The van der Waals surface area contributed by atoms with E-state index < -0.39 is 5.97 Å². The second-order valence-electron chi connectivity index (χ2n) is 3.77. The quantitative estimate of drug-likeness (QED) is 0.644. The van der Waals surface area contributed by atoms with Crippen molar-refractivity contribution < 1.29 is 9.90 Å². The third-order valence-electron chi connectivity index (χ3n) is 2.40. The molecule has 0 aromatic heterocycles. The number of rotatable bonds is 4. The van der Waals surface area contributed by atoms with Gasteiger partial charge in [-0.05, 0) is 37.3 Å². The van der Waals surface area contributed by atoms with Gasteiger partial charge in [0.1, 0.15) is 6.07 Å². The van der Waals surface area contributed by atoms with Gasteiger partial charge >= 0.3 is 5.97 Å². The summed E-state index contributed by atoms with van der Waals surface area (Å²) in [5, 5.41) is 21.2. The highest BCUT2D eigenvalue weighted by Crippen LogP contribution is 2.24. The molecule has 0 bridgehead atoms. The molecule has 0 saturated carbocycles. The lowest BCUT2D eigenvalue weighted by atomic mass is 10.1. The highest BCUT2D eigenvalue weighted by atomic mass is 32.2. The van der Waals surface area contributed by atoms with Gasteiger partial charge in [-0.15, -0.1) is 11.8 Å². The number of nitrogens with zero attached hydrogens (tertiary/aromatic N) is 1. The molecule has 0 heterocycles. The minimum absolute atomic E-state index is 0.275. The molecule has 0 amide bonds. The van der Waals surface area contributed by atoms with Gasteiger partial charge in [-0.1, -0.05) is 12.1 Å². The normalized spacial score (nSPS) is 11.4. The van der Waals surface area contributed by atoms with Crippen molar-refractivity contribution in [2.24, 2.45) is 0 Å². The van der Waals surface area contributed by atoms with Crippen LogP contribution in [-0.2, 0) is 4.79 Å². The Morgan fingerprint density at radius 1 is 1.44 bits per heavy atom. The molecule has 0 atom stereocenters. The van der Waals surface area contributed by atoms with Crippen molar-refractivity contribution >= 4 is 23.4 Å². The van der Waals surface area contributed by atoms with E-state index >= 15 is 0 Å². The standard InChI is InChI=1S/C13H14N2O2S/c1-8-4-5-9(2)11(6-8)15-12(18-3)10(7-14)13(16)17/h4-6,15H,1-3H3,(H,16,17). The van der Waals surface area contributed by atoms with E-state index in [1.165, 1.54) is 11.8 Å². The molecule has 0 aliphatic carbocycles. The number of nitriles is 1. The van der Waals surface area contributed by atoms with E-state index in [-0.39, 0.29) is 5.57 Å². The minimum atomic E-state index is -1.22. The van der Waals surface area contributed by atoms with E-state index in [1.807, 2.05) is 32.0 Å². The van der Waals surface area contributed by atoms with E-state index in [2.05, 4.69) is 5.32 Å². The van der Waals surface area contributed by atoms with Crippen LogP contribution in [0.5, 0.6) is 0 Å². The van der Waals surface area contributed by atoms with Crippen molar-refractivity contribution in [3.63, 3.8) is 0 Å². The summed E-state index contributed by atoms with van der Waals surface area (Å²) in [7, 11) is 0. The first-order valence-corrected chi connectivity index (χ1v) is 6.48. The van der Waals surface area contributed by atoms with Gasteiger partial charge in [-0.3, -0.25) is 0 Å². The second kappa shape index (κ2) is 6.12. The van der Waals surface area contributed by atoms with Crippen LogP contribution in [0.15, 0.2) is 28.8 Å². The van der Waals surface area contributed by atoms with Crippen molar-refractivity contribution in [2.75, 3.05) is 11.6 Å². The Balaban J connectivity index is 3.18. The molecule has 0 fully saturated rings. The number of thioether (sulfide) groups is 1. The molecule has 1 aromatic rings. The molecule has 94 valence electrons. The first-order chi connectivity index (χ1) is 8.49. The van der Waals surface area contributed by atoms with Gasteiger partial charge in [0.15, 0.2) is 5.57 Å². The van der Waals surface area contributed by atoms with Crippen LogP contribution in [0.2, 0.25) is 0 Å². The van der Waals surface area contributed by atoms with Crippen LogP contribution in [0.25, 0.3) is 0 Å². The molecule has 0 aliphatic rings. The van der Waals surface area contributed by atoms with Crippen molar-refractivity contribution in [3.05, 3.63) is 39.9 Å². The van der Waals surface area contributed by atoms with Crippen LogP contribution in [0.3, 0.4) is 0 Å². The fourth-order valence-corrected chi connectivity index (χ4v) is 1.95. The van der Waals surface area contributed by atoms with Crippen LogP contribution in [-0.4, -0.2) is 17.3 Å². The predicted molar refractivity (Wildman–Crippen MR) is 73.3 cm³/mol. The number of carboxylic acids is 1. The smallest absolute Gasteiger partial charge is 0.349 e. The topological polar surface area (TPSA) is 73.1 Å². The predicted octanol–water partition coefficient (Wildman–Crippen LogP) is 2.90. The van der Waals surface area contributed by atoms with Crippen LogP contribution in [0.4, 0.5) is 5.69 Å². The summed E-state index contributed by atoms with van der Waals surface area (Å²) in [4.78, 5) is 10.9. The summed E-state index contributed by atoms with van der Waals surface area (Å²) in [6, 6.07) is 7.55. The molecular weight excluding hydrogens is 248 g/mol. The molecule has 0 aliphatic heterocycles. The highest BCUT2D eigenvalue weighted by molar-refractivity contribution is 8.02. The van der Waals surface area contributed by atoms with Crippen LogP contribution in [0, 0.1) is 25.2 Å². The Labute approximate surface area is 110 Å². The van der Waals surface area contributed by atoms with Gasteiger partial charge < -0.3 is 10.4 Å². The van der Waals surface area contributed by atoms with E-state index in [9.17, 15) is 4.79 Å². The molecule has 5 heteroatoms. The Bertz CT molecular complexity index is 544. The van der Waals surface area contributed by atoms with E-state index in [0.717, 1.165) is 16.8 Å². The molecule has 0 saturated heterocycles. The molecule has 0 radical (unpaired) electrons. The zero-order valence-corrected chi connectivity index (χ0v) is 11.3. The number of carboxylic acid groups (broad SMARTS) is 1. The lowest BCUT2D eigenvalue weighted by Gasteiger charge is -2.12. The number of aryl methyl sites for hydroxylation is 2. The summed E-state index contributed by atoms with van der Waals surface area (Å²) in [6.07, 6.45) is 1.73. The summed E-state index contributed by atoms with van der Waals surface area (Å²) >= 11 is 1.21. The zero-order chi connectivity index (χ0) is 13.7. The molecule has 18 heavy (non-hydrogen) atoms. The van der Waals surface area contributed by atoms with Gasteiger partial charge in [0.2, 0.25) is 0 Å². The lowest BCUT2D eigenvalue weighted by molar-refractivity contribution is -0.132. The Morgan fingerprint density at radius 2 is 2.11 bits per heavy atom. The first-order valence-electron chi connectivity index (χ1n) is 5.25. The SMILES string of the molecule is CSC(Nc1cc(C)ccc1C)=C(C#N)C(=O)O. The van der Waals surface area contributed by atoms with Gasteiger partial charge in [0.25, 0.3) is 0 Å².